The number of benzene rings is 1. The van der Waals surface area contributed by atoms with Gasteiger partial charge in [-0.05, 0) is 23.6 Å². The third-order valence-electron chi connectivity index (χ3n) is 2.60. The third kappa shape index (κ3) is 3.11. The Morgan fingerprint density at radius 3 is 2.88 bits per heavy atom. The van der Waals surface area contributed by atoms with Crippen LogP contribution in [0.3, 0.4) is 0 Å². The molecule has 1 aliphatic rings. The van der Waals surface area contributed by atoms with Crippen LogP contribution in [0.15, 0.2) is 18.2 Å². The van der Waals surface area contributed by atoms with Gasteiger partial charge < -0.3 is 9.47 Å². The molecule has 1 fully saturated rings. The monoisotopic (exact) mass is 260 g/mol. The second-order valence-corrected chi connectivity index (χ2v) is 4.99. The average molecular weight is 261 g/mol. The summed E-state index contributed by atoms with van der Waals surface area (Å²) >= 11 is 11.9. The Balaban J connectivity index is 1.89. The Morgan fingerprint density at radius 2 is 2.25 bits per heavy atom. The minimum atomic E-state index is -0.0956. The summed E-state index contributed by atoms with van der Waals surface area (Å²) in [6.07, 6.45) is 0.854. The van der Waals surface area contributed by atoms with Crippen LogP contribution >= 0.6 is 23.2 Å². The van der Waals surface area contributed by atoms with Gasteiger partial charge in [-0.1, -0.05) is 36.2 Å². The van der Waals surface area contributed by atoms with Crippen molar-refractivity contribution in [3.8, 4) is 0 Å². The maximum absolute atomic E-state index is 6.04. The van der Waals surface area contributed by atoms with Gasteiger partial charge in [-0.2, -0.15) is 0 Å². The van der Waals surface area contributed by atoms with Crippen LogP contribution in [0.4, 0.5) is 0 Å². The summed E-state index contributed by atoms with van der Waals surface area (Å²) in [5.74, 6) is 0.575. The van der Waals surface area contributed by atoms with Crippen LogP contribution in [0.25, 0.3) is 0 Å². The quantitative estimate of drug-likeness (QED) is 0.821. The summed E-state index contributed by atoms with van der Waals surface area (Å²) in [6, 6.07) is 5.41. The highest BCUT2D eigenvalue weighted by molar-refractivity contribution is 6.35. The molecule has 0 aliphatic carbocycles. The van der Waals surface area contributed by atoms with Crippen LogP contribution in [0.2, 0.25) is 10.0 Å². The van der Waals surface area contributed by atoms with Gasteiger partial charge in [0.25, 0.3) is 0 Å². The number of hydrogen-bond donors (Lipinski definition) is 0. The van der Waals surface area contributed by atoms with Crippen LogP contribution in [0.5, 0.6) is 0 Å². The van der Waals surface area contributed by atoms with Crippen LogP contribution in [0, 0.1) is 5.92 Å². The fourth-order valence-electron chi connectivity index (χ4n) is 1.67. The van der Waals surface area contributed by atoms with Crippen molar-refractivity contribution in [3.63, 3.8) is 0 Å². The lowest BCUT2D eigenvalue weighted by molar-refractivity contribution is -0.118. The predicted molar refractivity (Wildman–Crippen MR) is 64.8 cm³/mol. The van der Waals surface area contributed by atoms with Gasteiger partial charge in [0.1, 0.15) is 0 Å². The molecule has 0 saturated carbocycles. The van der Waals surface area contributed by atoms with Crippen molar-refractivity contribution < 1.29 is 9.47 Å². The van der Waals surface area contributed by atoms with E-state index in [2.05, 4.69) is 6.92 Å². The molecule has 0 bridgehead atoms. The molecule has 4 heteroatoms. The molecule has 1 unspecified atom stereocenters. The zero-order chi connectivity index (χ0) is 11.5. The first-order valence-electron chi connectivity index (χ1n) is 5.32. The van der Waals surface area contributed by atoms with E-state index in [1.54, 1.807) is 6.07 Å². The Labute approximate surface area is 105 Å². The molecule has 0 radical (unpaired) electrons. The fourth-order valence-corrected chi connectivity index (χ4v) is 2.14. The van der Waals surface area contributed by atoms with Crippen molar-refractivity contribution in [1.29, 1.82) is 0 Å². The molecule has 0 spiro atoms. The van der Waals surface area contributed by atoms with Gasteiger partial charge in [-0.15, -0.1) is 0 Å². The van der Waals surface area contributed by atoms with E-state index >= 15 is 0 Å². The highest BCUT2D eigenvalue weighted by atomic mass is 35.5. The van der Waals surface area contributed by atoms with Crippen molar-refractivity contribution in [2.45, 2.75) is 26.2 Å². The summed E-state index contributed by atoms with van der Waals surface area (Å²) in [5, 5.41) is 1.28. The number of halogens is 2. The van der Waals surface area contributed by atoms with Gasteiger partial charge in [0.05, 0.1) is 13.2 Å². The van der Waals surface area contributed by atoms with Gasteiger partial charge in [0, 0.05) is 16.5 Å². The van der Waals surface area contributed by atoms with E-state index in [1.165, 1.54) is 0 Å². The maximum Gasteiger partial charge on any atom is 0.158 e. The van der Waals surface area contributed by atoms with Gasteiger partial charge in [-0.25, -0.2) is 0 Å². The van der Waals surface area contributed by atoms with Crippen molar-refractivity contribution in [1.82, 2.24) is 0 Å². The van der Waals surface area contributed by atoms with Crippen LogP contribution < -0.4 is 0 Å². The summed E-state index contributed by atoms with van der Waals surface area (Å²) in [5.41, 5.74) is 0.939. The summed E-state index contributed by atoms with van der Waals surface area (Å²) < 4.78 is 11.1. The van der Waals surface area contributed by atoms with Crippen LogP contribution in [0.1, 0.15) is 18.9 Å². The van der Waals surface area contributed by atoms with Gasteiger partial charge in [-0.3, -0.25) is 0 Å². The lowest BCUT2D eigenvalue weighted by atomic mass is 10.1. The summed E-state index contributed by atoms with van der Waals surface area (Å²) in [7, 11) is 0. The normalized spacial score (nSPS) is 24.9. The molecule has 2 nitrogen and oxygen atoms in total. The largest absolute Gasteiger partial charge is 0.352 e. The van der Waals surface area contributed by atoms with E-state index in [4.69, 9.17) is 32.7 Å². The number of hydrogen-bond acceptors (Lipinski definition) is 2. The predicted octanol–water partition coefficient (Wildman–Crippen LogP) is 3.89. The fraction of sp³-hybridized carbons (Fsp3) is 0.500. The molecule has 16 heavy (non-hydrogen) atoms. The standard InChI is InChI=1S/C12H14Cl2O2/c1-8-4-12(15-6-8)16-7-9-2-3-10(13)5-11(9)14/h2-3,5,8,12H,4,6-7H2,1H3/t8-,12?/m1/s1. The molecule has 1 aliphatic heterocycles. The van der Waals surface area contributed by atoms with E-state index in [-0.39, 0.29) is 6.29 Å². The Morgan fingerprint density at radius 1 is 1.44 bits per heavy atom. The molecule has 88 valence electrons. The average Bonchev–Trinajstić information content (AvgIpc) is 2.63. The number of ether oxygens (including phenoxy) is 2. The van der Waals surface area contributed by atoms with E-state index < -0.39 is 0 Å². The zero-order valence-corrected chi connectivity index (χ0v) is 10.6. The SMILES string of the molecule is C[C@H]1COC(OCc2ccc(Cl)cc2Cl)C1. The van der Waals surface area contributed by atoms with Crippen molar-refractivity contribution in [2.75, 3.05) is 6.61 Å². The molecule has 0 aromatic heterocycles. The highest BCUT2D eigenvalue weighted by Crippen LogP contribution is 2.24. The van der Waals surface area contributed by atoms with Gasteiger partial charge >= 0.3 is 0 Å². The molecule has 1 aromatic rings. The van der Waals surface area contributed by atoms with Crippen LogP contribution in [-0.2, 0) is 16.1 Å². The topological polar surface area (TPSA) is 18.5 Å². The van der Waals surface area contributed by atoms with E-state index in [0.29, 0.717) is 22.6 Å². The first-order chi connectivity index (χ1) is 7.65. The molecule has 2 rings (SSSR count). The summed E-state index contributed by atoms with van der Waals surface area (Å²) in [6.45, 7) is 3.39. The molecule has 2 atom stereocenters. The molecule has 0 amide bonds. The van der Waals surface area contributed by atoms with Crippen LogP contribution in [-0.4, -0.2) is 12.9 Å². The van der Waals surface area contributed by atoms with Crippen molar-refractivity contribution in [3.05, 3.63) is 33.8 Å². The summed E-state index contributed by atoms with van der Waals surface area (Å²) in [4.78, 5) is 0. The Kier molecular flexibility index (Phi) is 4.09. The molecular formula is C12H14Cl2O2. The number of rotatable bonds is 3. The first kappa shape index (κ1) is 12.2. The van der Waals surface area contributed by atoms with Crippen molar-refractivity contribution >= 4 is 23.2 Å². The highest BCUT2D eigenvalue weighted by Gasteiger charge is 2.22. The minimum absolute atomic E-state index is 0.0956. The van der Waals surface area contributed by atoms with Gasteiger partial charge in [0.2, 0.25) is 0 Å². The molecule has 0 N–H and O–H groups in total. The molecular weight excluding hydrogens is 247 g/mol. The van der Waals surface area contributed by atoms with E-state index in [1.807, 2.05) is 12.1 Å². The second-order valence-electron chi connectivity index (χ2n) is 4.15. The lowest BCUT2D eigenvalue weighted by Gasteiger charge is -2.12. The third-order valence-corrected chi connectivity index (χ3v) is 3.19. The Bertz CT molecular complexity index is 368. The first-order valence-corrected chi connectivity index (χ1v) is 6.08. The smallest absolute Gasteiger partial charge is 0.158 e. The zero-order valence-electron chi connectivity index (χ0n) is 9.08. The van der Waals surface area contributed by atoms with E-state index in [9.17, 15) is 0 Å². The molecule has 1 aromatic carbocycles. The Hall–Kier alpha value is -0.280. The van der Waals surface area contributed by atoms with Gasteiger partial charge in [0.15, 0.2) is 6.29 Å². The minimum Gasteiger partial charge on any atom is -0.352 e. The second kappa shape index (κ2) is 5.37. The molecule has 1 heterocycles. The van der Waals surface area contributed by atoms with Crippen molar-refractivity contribution in [2.24, 2.45) is 5.92 Å². The lowest BCUT2D eigenvalue weighted by Crippen LogP contribution is -2.10. The maximum atomic E-state index is 6.04. The van der Waals surface area contributed by atoms with E-state index in [0.717, 1.165) is 18.6 Å². The molecule has 1 saturated heterocycles.